The number of rotatable bonds is 11. The first-order valence-corrected chi connectivity index (χ1v) is 20.9. The largest absolute Gasteiger partial charge is 0.509 e. The van der Waals surface area contributed by atoms with Gasteiger partial charge in [-0.2, -0.15) is 11.6 Å². The Morgan fingerprint density at radius 1 is 0.689 bits per heavy atom. The van der Waals surface area contributed by atoms with Crippen molar-refractivity contribution in [2.75, 3.05) is 9.80 Å². The molecule has 0 amide bonds. The first-order chi connectivity index (χ1) is 29.1. The number of aromatic nitrogens is 2. The van der Waals surface area contributed by atoms with Crippen LogP contribution in [0.1, 0.15) is 82.1 Å². The molecule has 0 saturated carbocycles. The molecular weight excluding hydrogens is 942 g/mol. The van der Waals surface area contributed by atoms with Crippen LogP contribution in [0.4, 0.5) is 31.5 Å². The van der Waals surface area contributed by atoms with Crippen molar-refractivity contribution in [3.63, 3.8) is 0 Å². The average molecular weight is 989 g/mol. The number of halogens is 2. The number of nitrogens with zero attached hydrogens (tertiary/aromatic N) is 4. The van der Waals surface area contributed by atoms with Gasteiger partial charge in [0.2, 0.25) is 0 Å². The molecule has 0 fully saturated rings. The third-order valence-corrected chi connectivity index (χ3v) is 11.4. The van der Waals surface area contributed by atoms with Gasteiger partial charge in [0.25, 0.3) is 0 Å². The van der Waals surface area contributed by atoms with Crippen LogP contribution in [0, 0.1) is 30.4 Å². The quantitative estimate of drug-likeness (QED) is 0.121. The Labute approximate surface area is 371 Å². The van der Waals surface area contributed by atoms with Gasteiger partial charge >= 0.3 is 0 Å². The number of aryl methyl sites for hydroxylation is 2. The number of pyridine rings is 1. The molecule has 0 atom stereocenters. The molecule has 9 rings (SSSR count). The second kappa shape index (κ2) is 17.3. The van der Waals surface area contributed by atoms with Crippen LogP contribution >= 0.6 is 0 Å². The zero-order valence-electron chi connectivity index (χ0n) is 35.2. The molecule has 8 aromatic rings. The van der Waals surface area contributed by atoms with E-state index in [-0.39, 0.29) is 38.5 Å². The molecule has 8 heteroatoms. The molecule has 0 N–H and O–H groups in total. The third kappa shape index (κ3) is 7.74. The van der Waals surface area contributed by atoms with Crippen molar-refractivity contribution in [3.05, 3.63) is 174 Å². The second-order valence-electron chi connectivity index (χ2n) is 16.2. The average Bonchev–Trinajstić information content (AvgIpc) is 3.79. The van der Waals surface area contributed by atoms with Gasteiger partial charge in [-0.1, -0.05) is 96.3 Å². The maximum Gasteiger partial charge on any atom is 0.135 e. The van der Waals surface area contributed by atoms with Crippen LogP contribution < -0.4 is 14.5 Å². The van der Waals surface area contributed by atoms with Gasteiger partial charge in [0.1, 0.15) is 17.5 Å². The second-order valence-corrected chi connectivity index (χ2v) is 16.2. The van der Waals surface area contributed by atoms with Crippen molar-refractivity contribution >= 4 is 44.6 Å². The van der Waals surface area contributed by atoms with E-state index >= 15 is 8.78 Å². The van der Waals surface area contributed by atoms with E-state index in [0.29, 0.717) is 17.1 Å². The summed E-state index contributed by atoms with van der Waals surface area (Å²) in [5, 5.41) is 2.20. The molecule has 0 radical (unpaired) electrons. The van der Waals surface area contributed by atoms with E-state index in [1.807, 2.05) is 42.6 Å². The molecule has 3 heterocycles. The Balaban J connectivity index is 0.00000514. The zero-order chi connectivity index (χ0) is 41.7. The fourth-order valence-corrected chi connectivity index (χ4v) is 8.53. The predicted molar refractivity (Wildman–Crippen MR) is 241 cm³/mol. The fourth-order valence-electron chi connectivity index (χ4n) is 8.53. The van der Waals surface area contributed by atoms with Crippen molar-refractivity contribution in [1.82, 2.24) is 9.55 Å². The summed E-state index contributed by atoms with van der Waals surface area (Å²) in [5.74, 6) is 0.974. The van der Waals surface area contributed by atoms with Crippen molar-refractivity contribution in [3.8, 4) is 28.4 Å². The molecule has 0 bridgehead atoms. The molecule has 0 aliphatic carbocycles. The first-order valence-electron chi connectivity index (χ1n) is 20.9. The summed E-state index contributed by atoms with van der Waals surface area (Å²) >= 11 is 0. The summed E-state index contributed by atoms with van der Waals surface area (Å²) in [6.07, 6.45) is 4.71. The van der Waals surface area contributed by atoms with E-state index in [1.54, 1.807) is 0 Å². The molecule has 0 saturated heterocycles. The minimum Gasteiger partial charge on any atom is -0.509 e. The van der Waals surface area contributed by atoms with E-state index in [9.17, 15) is 0 Å². The summed E-state index contributed by atoms with van der Waals surface area (Å²) in [7, 11) is 0. The van der Waals surface area contributed by atoms with Crippen molar-refractivity contribution in [2.24, 2.45) is 0 Å². The van der Waals surface area contributed by atoms with Gasteiger partial charge in [0, 0.05) is 61.3 Å². The van der Waals surface area contributed by atoms with Gasteiger partial charge in [0.15, 0.2) is 0 Å². The Kier molecular flexibility index (Phi) is 11.9. The van der Waals surface area contributed by atoms with E-state index in [0.717, 1.165) is 86.3 Å². The Bertz CT molecular complexity index is 2850. The van der Waals surface area contributed by atoms with E-state index in [4.69, 9.17) is 9.72 Å². The van der Waals surface area contributed by atoms with Crippen LogP contribution in [-0.4, -0.2) is 9.55 Å². The molecule has 5 nitrogen and oxygen atoms in total. The van der Waals surface area contributed by atoms with Gasteiger partial charge in [-0.25, -0.2) is 13.8 Å². The summed E-state index contributed by atoms with van der Waals surface area (Å²) < 4.78 is 39.3. The third-order valence-electron chi connectivity index (χ3n) is 11.4. The van der Waals surface area contributed by atoms with Crippen LogP contribution in [0.15, 0.2) is 121 Å². The summed E-state index contributed by atoms with van der Waals surface area (Å²) in [6, 6.07) is 44.4. The molecule has 2 aromatic heterocycles. The van der Waals surface area contributed by atoms with Gasteiger partial charge < -0.3 is 19.1 Å². The van der Waals surface area contributed by atoms with E-state index in [1.165, 1.54) is 23.8 Å². The molecule has 0 spiro atoms. The van der Waals surface area contributed by atoms with E-state index in [2.05, 4.69) is 135 Å². The maximum atomic E-state index is 15.2. The molecule has 61 heavy (non-hydrogen) atoms. The van der Waals surface area contributed by atoms with Crippen molar-refractivity contribution in [2.45, 2.75) is 72.6 Å². The smallest absolute Gasteiger partial charge is 0.135 e. The number of hydrogen-bond donors (Lipinski definition) is 0. The Hall–Kier alpha value is -5.78. The van der Waals surface area contributed by atoms with E-state index < -0.39 is 11.6 Å². The number of fused-ring (bicyclic) bond motifs is 4. The summed E-state index contributed by atoms with van der Waals surface area (Å²) in [6.45, 7) is 14.9. The Morgan fingerprint density at radius 3 is 2.07 bits per heavy atom. The van der Waals surface area contributed by atoms with Gasteiger partial charge in [0.05, 0.1) is 5.56 Å². The van der Waals surface area contributed by atoms with Crippen LogP contribution in [0.25, 0.3) is 38.8 Å². The first kappa shape index (κ1) is 41.9. The molecule has 1 aliphatic rings. The molecule has 6 aromatic carbocycles. The minimum absolute atomic E-state index is 0. The number of ether oxygens (including phenoxy) is 1. The molecule has 312 valence electrons. The van der Waals surface area contributed by atoms with Crippen molar-refractivity contribution < 1.29 is 34.6 Å². The van der Waals surface area contributed by atoms with Crippen LogP contribution in [0.5, 0.6) is 11.5 Å². The zero-order valence-corrected chi connectivity index (χ0v) is 37.4. The van der Waals surface area contributed by atoms with Crippen LogP contribution in [0.3, 0.4) is 0 Å². The summed E-state index contributed by atoms with van der Waals surface area (Å²) in [5.41, 5.74) is 10.6. The van der Waals surface area contributed by atoms with Gasteiger partial charge in [-0.05, 0) is 100 Å². The normalized spacial score (nSPS) is 12.5. The maximum absolute atomic E-state index is 15.2. The molecule has 1 aliphatic heterocycles. The van der Waals surface area contributed by atoms with Gasteiger partial charge in [-0.3, -0.25) is 0 Å². The van der Waals surface area contributed by atoms with Crippen LogP contribution in [-0.2, 0) is 33.9 Å². The molecular formula is C53H47F2N4OPt-3. The monoisotopic (exact) mass is 988 g/mol. The SMILES string of the molecule is CCCc1ccnc(-n2c3[c-]c(Oc4[c-]c(N5[CH-]N(c6c(C(C)C)cc(-c7c(F)cccc7F)cc6C(C)C)c6ccccc65)cc(CC)c4)ccc3c3ccccc32)c1.[Pt]. The predicted octanol–water partition coefficient (Wildman–Crippen LogP) is 14.7. The fraction of sp³-hybridized carbons (Fsp3) is 0.208. The van der Waals surface area contributed by atoms with Crippen LogP contribution in [0.2, 0.25) is 0 Å². The number of anilines is 4. The topological polar surface area (TPSA) is 33.5 Å². The number of hydrogen-bond acceptors (Lipinski definition) is 4. The number of benzene rings is 6. The number of para-hydroxylation sites is 3. The standard InChI is InChI=1S/C53H47F2N4O.Pt/c1-7-14-36-23-24-56-51(27-36)59-47-18-10-9-15-41(47)42-22-21-39(31-50(42)59)60-40-26-35(8-2)25-38(30-40)57-32-58(49-20-12-11-19-48(49)57)53-43(33(3)4)28-37(29-44(53)34(5)6)52-45(54)16-13-17-46(52)55;/h9-13,15-29,32-34H,7-8,14H2,1-6H3;/q-3;. The van der Waals surface area contributed by atoms with Gasteiger partial charge in [-0.15, -0.1) is 48.1 Å². The van der Waals surface area contributed by atoms with Crippen molar-refractivity contribution in [1.29, 1.82) is 0 Å². The summed E-state index contributed by atoms with van der Waals surface area (Å²) in [4.78, 5) is 9.18. The minimum atomic E-state index is -0.574. The Morgan fingerprint density at radius 2 is 1.38 bits per heavy atom. The molecule has 0 unspecified atom stereocenters.